The molecule has 1 aromatic heterocycles. The van der Waals surface area contributed by atoms with Gasteiger partial charge < -0.3 is 0 Å². The SMILES string of the molecule is CCCc1ccc(-c2ncc([C@H]3CC[C@H](CC)CC3)cn2)cc1. The van der Waals surface area contributed by atoms with Gasteiger partial charge in [0, 0.05) is 18.0 Å². The first-order valence-electron chi connectivity index (χ1n) is 9.21. The Kier molecular flexibility index (Phi) is 5.43. The van der Waals surface area contributed by atoms with Crippen LogP contribution in [0.25, 0.3) is 11.4 Å². The minimum Gasteiger partial charge on any atom is -0.236 e. The number of benzene rings is 1. The Morgan fingerprint density at radius 1 is 0.913 bits per heavy atom. The maximum Gasteiger partial charge on any atom is 0.159 e. The number of hydrogen-bond donors (Lipinski definition) is 0. The van der Waals surface area contributed by atoms with Crippen LogP contribution in [0.3, 0.4) is 0 Å². The highest BCUT2D eigenvalue weighted by Gasteiger charge is 2.21. The molecule has 0 spiro atoms. The van der Waals surface area contributed by atoms with Crippen molar-refractivity contribution in [3.8, 4) is 11.4 Å². The van der Waals surface area contributed by atoms with Gasteiger partial charge in [0.05, 0.1) is 0 Å². The number of nitrogens with zero attached hydrogens (tertiary/aromatic N) is 2. The molecule has 122 valence electrons. The molecule has 2 aromatic rings. The molecule has 0 unspecified atom stereocenters. The zero-order valence-electron chi connectivity index (χ0n) is 14.5. The van der Waals surface area contributed by atoms with E-state index in [0.717, 1.165) is 23.7 Å². The molecule has 0 N–H and O–H groups in total. The molecule has 0 aliphatic heterocycles. The van der Waals surface area contributed by atoms with Crippen molar-refractivity contribution < 1.29 is 0 Å². The molecular weight excluding hydrogens is 280 g/mol. The summed E-state index contributed by atoms with van der Waals surface area (Å²) < 4.78 is 0. The normalized spacial score (nSPS) is 21.3. The highest BCUT2D eigenvalue weighted by Crippen LogP contribution is 2.36. The van der Waals surface area contributed by atoms with Crippen molar-refractivity contribution in [1.29, 1.82) is 0 Å². The third-order valence-corrected chi connectivity index (χ3v) is 5.32. The second kappa shape index (κ2) is 7.72. The zero-order valence-corrected chi connectivity index (χ0v) is 14.5. The molecule has 1 fully saturated rings. The van der Waals surface area contributed by atoms with Crippen LogP contribution in [0.2, 0.25) is 0 Å². The quantitative estimate of drug-likeness (QED) is 0.699. The number of aromatic nitrogens is 2. The standard InChI is InChI=1S/C21H28N2/c1-3-5-17-8-12-19(13-9-17)21-22-14-20(15-23-21)18-10-6-16(4-2)7-11-18/h8-9,12-16,18H,3-7,10-11H2,1-2H3/t16-,18-. The molecule has 0 amide bonds. The molecule has 1 aliphatic carbocycles. The zero-order chi connectivity index (χ0) is 16.1. The molecule has 1 heterocycles. The van der Waals surface area contributed by atoms with E-state index in [1.165, 1.54) is 49.7 Å². The Morgan fingerprint density at radius 3 is 2.13 bits per heavy atom. The lowest BCUT2D eigenvalue weighted by molar-refractivity contribution is 0.318. The highest BCUT2D eigenvalue weighted by molar-refractivity contribution is 5.55. The summed E-state index contributed by atoms with van der Waals surface area (Å²) in [6.45, 7) is 4.53. The van der Waals surface area contributed by atoms with E-state index >= 15 is 0 Å². The smallest absolute Gasteiger partial charge is 0.159 e. The van der Waals surface area contributed by atoms with Gasteiger partial charge in [-0.25, -0.2) is 9.97 Å². The summed E-state index contributed by atoms with van der Waals surface area (Å²) in [5.74, 6) is 2.45. The molecule has 2 nitrogen and oxygen atoms in total. The topological polar surface area (TPSA) is 25.8 Å². The van der Waals surface area contributed by atoms with E-state index in [9.17, 15) is 0 Å². The molecule has 2 heteroatoms. The molecule has 23 heavy (non-hydrogen) atoms. The van der Waals surface area contributed by atoms with Crippen molar-refractivity contribution in [3.05, 3.63) is 47.8 Å². The van der Waals surface area contributed by atoms with Crippen molar-refractivity contribution in [2.75, 3.05) is 0 Å². The average Bonchev–Trinajstić information content (AvgIpc) is 2.63. The fourth-order valence-electron chi connectivity index (χ4n) is 3.71. The van der Waals surface area contributed by atoms with Crippen LogP contribution in [-0.2, 0) is 6.42 Å². The minimum atomic E-state index is 0.666. The summed E-state index contributed by atoms with van der Waals surface area (Å²) in [4.78, 5) is 9.26. The third kappa shape index (κ3) is 3.99. The Labute approximate surface area is 140 Å². The number of rotatable bonds is 5. The highest BCUT2D eigenvalue weighted by atomic mass is 14.9. The molecule has 3 rings (SSSR count). The summed E-state index contributed by atoms with van der Waals surface area (Å²) in [6.07, 6.45) is 13.1. The van der Waals surface area contributed by atoms with Gasteiger partial charge in [-0.1, -0.05) is 51.0 Å². The van der Waals surface area contributed by atoms with Gasteiger partial charge >= 0.3 is 0 Å². The lowest BCUT2D eigenvalue weighted by Crippen LogP contribution is -2.13. The molecule has 1 aromatic carbocycles. The van der Waals surface area contributed by atoms with Crippen molar-refractivity contribution in [3.63, 3.8) is 0 Å². The van der Waals surface area contributed by atoms with Crippen LogP contribution in [0, 0.1) is 5.92 Å². The van der Waals surface area contributed by atoms with E-state index in [0.29, 0.717) is 5.92 Å². The minimum absolute atomic E-state index is 0.666. The van der Waals surface area contributed by atoms with E-state index in [2.05, 4.69) is 60.5 Å². The lowest BCUT2D eigenvalue weighted by Gasteiger charge is -2.27. The van der Waals surface area contributed by atoms with Crippen LogP contribution in [0.1, 0.15) is 69.4 Å². The van der Waals surface area contributed by atoms with Crippen LogP contribution in [0.4, 0.5) is 0 Å². The Morgan fingerprint density at radius 2 is 1.57 bits per heavy atom. The van der Waals surface area contributed by atoms with Crippen molar-refractivity contribution in [2.24, 2.45) is 5.92 Å². The van der Waals surface area contributed by atoms with Gasteiger partial charge in [0.2, 0.25) is 0 Å². The van der Waals surface area contributed by atoms with Gasteiger partial charge in [0.25, 0.3) is 0 Å². The fourth-order valence-corrected chi connectivity index (χ4v) is 3.71. The molecule has 0 radical (unpaired) electrons. The molecule has 1 aliphatic rings. The van der Waals surface area contributed by atoms with E-state index in [1.54, 1.807) is 0 Å². The monoisotopic (exact) mass is 308 g/mol. The fraction of sp³-hybridized carbons (Fsp3) is 0.524. The summed E-state index contributed by atoms with van der Waals surface area (Å²) in [6, 6.07) is 8.68. The maximum atomic E-state index is 4.63. The Hall–Kier alpha value is -1.70. The van der Waals surface area contributed by atoms with Crippen LogP contribution < -0.4 is 0 Å². The van der Waals surface area contributed by atoms with Crippen LogP contribution in [-0.4, -0.2) is 9.97 Å². The van der Waals surface area contributed by atoms with Gasteiger partial charge in [-0.15, -0.1) is 0 Å². The molecule has 0 saturated heterocycles. The van der Waals surface area contributed by atoms with Gasteiger partial charge in [-0.05, 0) is 55.1 Å². The maximum absolute atomic E-state index is 4.63. The van der Waals surface area contributed by atoms with Gasteiger partial charge in [-0.3, -0.25) is 0 Å². The average molecular weight is 308 g/mol. The van der Waals surface area contributed by atoms with E-state index in [1.807, 2.05) is 0 Å². The Balaban J connectivity index is 1.67. The largest absolute Gasteiger partial charge is 0.236 e. The summed E-state index contributed by atoms with van der Waals surface area (Å²) in [7, 11) is 0. The predicted octanol–water partition coefficient (Wildman–Crippen LogP) is 5.78. The second-order valence-electron chi connectivity index (χ2n) is 6.91. The van der Waals surface area contributed by atoms with E-state index < -0.39 is 0 Å². The predicted molar refractivity (Wildman–Crippen MR) is 96.5 cm³/mol. The van der Waals surface area contributed by atoms with Gasteiger partial charge in [0.1, 0.15) is 0 Å². The van der Waals surface area contributed by atoms with Crippen molar-refractivity contribution in [1.82, 2.24) is 9.97 Å². The Bertz CT molecular complexity index is 593. The van der Waals surface area contributed by atoms with Crippen LogP contribution in [0.15, 0.2) is 36.7 Å². The van der Waals surface area contributed by atoms with Crippen molar-refractivity contribution >= 4 is 0 Å². The van der Waals surface area contributed by atoms with Crippen LogP contribution in [0.5, 0.6) is 0 Å². The molecular formula is C21H28N2. The summed E-state index contributed by atoms with van der Waals surface area (Å²) in [5, 5.41) is 0. The molecule has 1 saturated carbocycles. The van der Waals surface area contributed by atoms with Crippen LogP contribution >= 0.6 is 0 Å². The second-order valence-corrected chi connectivity index (χ2v) is 6.91. The summed E-state index contributed by atoms with van der Waals surface area (Å²) in [5.41, 5.74) is 3.83. The number of hydrogen-bond acceptors (Lipinski definition) is 2. The van der Waals surface area contributed by atoms with Gasteiger partial charge in [-0.2, -0.15) is 0 Å². The first-order chi connectivity index (χ1) is 11.3. The number of aryl methyl sites for hydroxylation is 1. The van der Waals surface area contributed by atoms with Crippen molar-refractivity contribution in [2.45, 2.75) is 64.7 Å². The summed E-state index contributed by atoms with van der Waals surface area (Å²) >= 11 is 0. The first kappa shape index (κ1) is 16.2. The van der Waals surface area contributed by atoms with Gasteiger partial charge in [0.15, 0.2) is 5.82 Å². The first-order valence-corrected chi connectivity index (χ1v) is 9.21. The van der Waals surface area contributed by atoms with E-state index in [-0.39, 0.29) is 0 Å². The van der Waals surface area contributed by atoms with E-state index in [4.69, 9.17) is 0 Å². The lowest BCUT2D eigenvalue weighted by atomic mass is 9.78. The third-order valence-electron chi connectivity index (χ3n) is 5.32. The molecule has 0 atom stereocenters. The molecule has 0 bridgehead atoms.